The summed E-state index contributed by atoms with van der Waals surface area (Å²) in [5.74, 6) is -0.531. The van der Waals surface area contributed by atoms with E-state index in [9.17, 15) is 4.79 Å². The lowest BCUT2D eigenvalue weighted by atomic mass is 10.0. The van der Waals surface area contributed by atoms with Crippen molar-refractivity contribution in [1.82, 2.24) is 0 Å². The minimum Gasteiger partial charge on any atom is -0.481 e. The maximum Gasteiger partial charge on any atom is 0.303 e. The molecule has 4 heteroatoms. The highest BCUT2D eigenvalue weighted by atomic mass is 35.5. The number of rotatable bonds is 2. The molecule has 13 heavy (non-hydrogen) atoms. The third-order valence-corrected chi connectivity index (χ3v) is 3.73. The monoisotopic (exact) mass is 216 g/mol. The molecule has 1 aromatic heterocycles. The van der Waals surface area contributed by atoms with Gasteiger partial charge in [0.1, 0.15) is 0 Å². The van der Waals surface area contributed by atoms with Crippen molar-refractivity contribution in [3.63, 3.8) is 0 Å². The van der Waals surface area contributed by atoms with Crippen LogP contribution in [0.25, 0.3) is 0 Å². The van der Waals surface area contributed by atoms with Gasteiger partial charge in [0.25, 0.3) is 0 Å². The van der Waals surface area contributed by atoms with Crippen molar-refractivity contribution in [3.8, 4) is 0 Å². The number of carbonyl (C=O) groups is 1. The molecule has 0 radical (unpaired) electrons. The summed E-state index contributed by atoms with van der Waals surface area (Å²) in [6.45, 7) is 0. The summed E-state index contributed by atoms with van der Waals surface area (Å²) in [5.41, 5.74) is 1.16. The molecule has 1 aliphatic carbocycles. The lowest BCUT2D eigenvalue weighted by Gasteiger charge is -2.04. The first-order valence-corrected chi connectivity index (χ1v) is 5.36. The predicted octanol–water partition coefficient (Wildman–Crippen LogP) is 2.91. The van der Waals surface area contributed by atoms with Gasteiger partial charge in [-0.3, -0.25) is 4.79 Å². The number of carboxylic acids is 1. The average Bonchev–Trinajstić information content (AvgIpc) is 2.51. The molecule has 2 rings (SSSR count). The second-order valence-corrected chi connectivity index (χ2v) is 5.03. The van der Waals surface area contributed by atoms with Gasteiger partial charge in [-0.15, -0.1) is 11.3 Å². The normalized spacial score (nSPS) is 20.2. The Kier molecular flexibility index (Phi) is 2.30. The highest BCUT2D eigenvalue weighted by Gasteiger charge is 2.26. The Bertz CT molecular complexity index is 345. The van der Waals surface area contributed by atoms with Gasteiger partial charge in [0.05, 0.1) is 10.8 Å². The standard InChI is InChI=1S/C9H9ClO2S/c10-8-4-6-5(3-9(11)12)1-2-7(6)13-8/h4-5H,1-3H2,(H,11,12). The maximum absolute atomic E-state index is 10.5. The smallest absolute Gasteiger partial charge is 0.303 e. The van der Waals surface area contributed by atoms with Gasteiger partial charge in [0.2, 0.25) is 0 Å². The van der Waals surface area contributed by atoms with E-state index in [4.69, 9.17) is 16.7 Å². The van der Waals surface area contributed by atoms with E-state index in [-0.39, 0.29) is 12.3 Å². The van der Waals surface area contributed by atoms with Crippen LogP contribution in [0.15, 0.2) is 6.07 Å². The topological polar surface area (TPSA) is 37.3 Å². The Balaban J connectivity index is 2.22. The Morgan fingerprint density at radius 3 is 3.23 bits per heavy atom. The van der Waals surface area contributed by atoms with Gasteiger partial charge in [-0.2, -0.15) is 0 Å². The first-order chi connectivity index (χ1) is 6.16. The van der Waals surface area contributed by atoms with Crippen molar-refractivity contribution in [3.05, 3.63) is 20.8 Å². The van der Waals surface area contributed by atoms with Crippen LogP contribution >= 0.6 is 22.9 Å². The summed E-state index contributed by atoms with van der Waals surface area (Å²) >= 11 is 7.43. The minimum atomic E-state index is -0.722. The van der Waals surface area contributed by atoms with E-state index in [0.717, 1.165) is 22.7 Å². The van der Waals surface area contributed by atoms with Crippen LogP contribution in [0.1, 0.15) is 29.2 Å². The van der Waals surface area contributed by atoms with E-state index in [1.165, 1.54) is 4.88 Å². The van der Waals surface area contributed by atoms with Crippen LogP contribution < -0.4 is 0 Å². The second kappa shape index (κ2) is 3.31. The largest absolute Gasteiger partial charge is 0.481 e. The number of hydrogen-bond acceptors (Lipinski definition) is 2. The molecule has 0 saturated carbocycles. The molecule has 1 atom stereocenters. The van der Waals surface area contributed by atoms with Gasteiger partial charge in [0.15, 0.2) is 0 Å². The quantitative estimate of drug-likeness (QED) is 0.826. The molecular formula is C9H9ClO2S. The van der Waals surface area contributed by atoms with Gasteiger partial charge in [0, 0.05) is 4.88 Å². The van der Waals surface area contributed by atoms with Crippen molar-refractivity contribution in [2.75, 3.05) is 0 Å². The highest BCUT2D eigenvalue weighted by Crippen LogP contribution is 2.41. The number of halogens is 1. The first-order valence-electron chi connectivity index (χ1n) is 4.16. The SMILES string of the molecule is O=C(O)CC1CCc2sc(Cl)cc21. The van der Waals surface area contributed by atoms with Gasteiger partial charge in [-0.05, 0) is 30.4 Å². The Hall–Kier alpha value is -0.540. The molecule has 0 aromatic carbocycles. The number of aryl methyl sites for hydroxylation is 1. The predicted molar refractivity (Wildman–Crippen MR) is 52.6 cm³/mol. The zero-order valence-electron chi connectivity index (χ0n) is 6.92. The Morgan fingerprint density at radius 1 is 1.77 bits per heavy atom. The van der Waals surface area contributed by atoms with Gasteiger partial charge in [-0.25, -0.2) is 0 Å². The van der Waals surface area contributed by atoms with E-state index in [0.29, 0.717) is 0 Å². The fourth-order valence-corrected chi connectivity index (χ4v) is 3.21. The molecule has 0 spiro atoms. The molecule has 1 aromatic rings. The third-order valence-electron chi connectivity index (χ3n) is 2.39. The molecule has 0 aliphatic heterocycles. The van der Waals surface area contributed by atoms with Crippen LogP contribution in [0.4, 0.5) is 0 Å². The van der Waals surface area contributed by atoms with Crippen LogP contribution in [0, 0.1) is 0 Å². The van der Waals surface area contributed by atoms with Crippen LogP contribution in [-0.2, 0) is 11.2 Å². The molecule has 0 bridgehead atoms. The van der Waals surface area contributed by atoms with Gasteiger partial charge in [-0.1, -0.05) is 11.6 Å². The number of carboxylic acid groups (broad SMARTS) is 1. The maximum atomic E-state index is 10.5. The molecule has 0 saturated heterocycles. The Labute approximate surface area is 85.1 Å². The van der Waals surface area contributed by atoms with Gasteiger partial charge < -0.3 is 5.11 Å². The van der Waals surface area contributed by atoms with Crippen molar-refractivity contribution in [1.29, 1.82) is 0 Å². The molecule has 2 nitrogen and oxygen atoms in total. The van der Waals surface area contributed by atoms with Crippen LogP contribution in [0.2, 0.25) is 4.34 Å². The molecule has 1 N–H and O–H groups in total. The lowest BCUT2D eigenvalue weighted by molar-refractivity contribution is -0.137. The van der Waals surface area contributed by atoms with Crippen LogP contribution in [-0.4, -0.2) is 11.1 Å². The van der Waals surface area contributed by atoms with E-state index >= 15 is 0 Å². The number of aliphatic carboxylic acids is 1. The molecule has 0 amide bonds. The van der Waals surface area contributed by atoms with E-state index in [2.05, 4.69) is 0 Å². The summed E-state index contributed by atoms with van der Waals surface area (Å²) in [6, 6.07) is 1.92. The number of fused-ring (bicyclic) bond motifs is 1. The average molecular weight is 217 g/mol. The number of hydrogen-bond donors (Lipinski definition) is 1. The highest BCUT2D eigenvalue weighted by molar-refractivity contribution is 7.16. The Morgan fingerprint density at radius 2 is 2.54 bits per heavy atom. The van der Waals surface area contributed by atoms with Gasteiger partial charge >= 0.3 is 5.97 Å². The van der Waals surface area contributed by atoms with Crippen LogP contribution in [0.3, 0.4) is 0 Å². The third kappa shape index (κ3) is 1.71. The second-order valence-electron chi connectivity index (χ2n) is 3.26. The summed E-state index contributed by atoms with van der Waals surface area (Å²) in [7, 11) is 0. The molecule has 1 unspecified atom stereocenters. The summed E-state index contributed by atoms with van der Waals surface area (Å²) < 4.78 is 0.778. The van der Waals surface area contributed by atoms with E-state index < -0.39 is 5.97 Å². The molecule has 0 fully saturated rings. The van der Waals surface area contributed by atoms with E-state index in [1.54, 1.807) is 11.3 Å². The van der Waals surface area contributed by atoms with Crippen molar-refractivity contribution in [2.24, 2.45) is 0 Å². The van der Waals surface area contributed by atoms with E-state index in [1.807, 2.05) is 6.07 Å². The van der Waals surface area contributed by atoms with Crippen molar-refractivity contribution < 1.29 is 9.90 Å². The summed E-state index contributed by atoms with van der Waals surface area (Å²) in [6.07, 6.45) is 2.19. The number of thiophene rings is 1. The molecular weight excluding hydrogens is 208 g/mol. The first kappa shape index (κ1) is 9.03. The molecule has 1 aliphatic rings. The molecule has 70 valence electrons. The zero-order chi connectivity index (χ0) is 9.42. The minimum absolute atomic E-state index is 0.191. The fraction of sp³-hybridized carbons (Fsp3) is 0.444. The molecule has 1 heterocycles. The zero-order valence-corrected chi connectivity index (χ0v) is 8.49. The van der Waals surface area contributed by atoms with Crippen LogP contribution in [0.5, 0.6) is 0 Å². The lowest BCUT2D eigenvalue weighted by Crippen LogP contribution is -2.02. The van der Waals surface area contributed by atoms with Crippen molar-refractivity contribution in [2.45, 2.75) is 25.2 Å². The van der Waals surface area contributed by atoms with Crippen molar-refractivity contribution >= 4 is 28.9 Å². The summed E-state index contributed by atoms with van der Waals surface area (Å²) in [4.78, 5) is 11.8. The fourth-order valence-electron chi connectivity index (χ4n) is 1.83. The summed E-state index contributed by atoms with van der Waals surface area (Å²) in [5, 5.41) is 8.68.